The molecule has 0 saturated carbocycles. The first-order valence-electron chi connectivity index (χ1n) is 13.2. The Morgan fingerprint density at radius 2 is 1.61 bits per heavy atom. The maximum absolute atomic E-state index is 10.3. The van der Waals surface area contributed by atoms with Crippen molar-refractivity contribution in [3.63, 3.8) is 0 Å². The number of phenols is 1. The van der Waals surface area contributed by atoms with Crippen molar-refractivity contribution in [2.24, 2.45) is 0 Å². The number of aryl methyl sites for hydroxylation is 1. The highest BCUT2D eigenvalue weighted by molar-refractivity contribution is 5.88. The Kier molecular flexibility index (Phi) is 6.75. The van der Waals surface area contributed by atoms with Crippen LogP contribution in [0.25, 0.3) is 16.7 Å². The van der Waals surface area contributed by atoms with Crippen LogP contribution in [0.2, 0.25) is 0 Å². The molecule has 0 aliphatic carbocycles. The Balaban J connectivity index is 1.33. The molecular weight excluding hydrogens is 472 g/mol. The van der Waals surface area contributed by atoms with E-state index in [1.54, 1.807) is 6.07 Å². The minimum atomic E-state index is 0.361. The third-order valence-electron chi connectivity index (χ3n) is 7.21. The highest BCUT2D eigenvalue weighted by atomic mass is 16.3. The van der Waals surface area contributed by atoms with E-state index < -0.39 is 0 Å². The first-order chi connectivity index (χ1) is 18.6. The minimum absolute atomic E-state index is 0.361. The fourth-order valence-electron chi connectivity index (χ4n) is 5.13. The smallest absolute Gasteiger partial charge is 0.168 e. The number of aromatic nitrogens is 4. The van der Waals surface area contributed by atoms with Gasteiger partial charge in [0.25, 0.3) is 0 Å². The van der Waals surface area contributed by atoms with Gasteiger partial charge in [0.05, 0.1) is 17.3 Å². The highest BCUT2D eigenvalue weighted by Crippen LogP contribution is 2.28. The molecule has 7 heteroatoms. The van der Waals surface area contributed by atoms with Gasteiger partial charge in [0.15, 0.2) is 5.65 Å². The van der Waals surface area contributed by atoms with Gasteiger partial charge in [-0.25, -0.2) is 14.6 Å². The van der Waals surface area contributed by atoms with E-state index >= 15 is 0 Å². The van der Waals surface area contributed by atoms with Crippen molar-refractivity contribution in [3.05, 3.63) is 108 Å². The SMILES string of the molecule is Cc1ccc(Cc2nc(N3CCCN(Cc4ccccc4O)CC3)c3cnn(-c4ccccc4)c3n2)cc1. The molecule has 0 amide bonds. The zero-order valence-electron chi connectivity index (χ0n) is 21.7. The number of rotatable bonds is 6. The summed E-state index contributed by atoms with van der Waals surface area (Å²) in [6.45, 7) is 6.46. The molecule has 1 N–H and O–H groups in total. The van der Waals surface area contributed by atoms with Gasteiger partial charge in [0.1, 0.15) is 17.4 Å². The summed E-state index contributed by atoms with van der Waals surface area (Å²) in [5.74, 6) is 2.10. The number of nitrogens with zero attached hydrogens (tertiary/aromatic N) is 6. The molecule has 1 fully saturated rings. The van der Waals surface area contributed by atoms with Gasteiger partial charge >= 0.3 is 0 Å². The van der Waals surface area contributed by atoms with Gasteiger partial charge in [-0.1, -0.05) is 66.2 Å². The first kappa shape index (κ1) is 24.1. The summed E-state index contributed by atoms with van der Waals surface area (Å²) >= 11 is 0. The van der Waals surface area contributed by atoms with Gasteiger partial charge in [-0.15, -0.1) is 0 Å². The lowest BCUT2D eigenvalue weighted by Gasteiger charge is -2.24. The molecule has 0 bridgehead atoms. The molecule has 0 unspecified atom stereocenters. The molecule has 0 radical (unpaired) electrons. The molecule has 6 rings (SSSR count). The largest absolute Gasteiger partial charge is 0.508 e. The summed E-state index contributed by atoms with van der Waals surface area (Å²) < 4.78 is 1.92. The van der Waals surface area contributed by atoms with Gasteiger partial charge < -0.3 is 10.0 Å². The lowest BCUT2D eigenvalue weighted by Crippen LogP contribution is -2.31. The van der Waals surface area contributed by atoms with Crippen molar-refractivity contribution in [2.75, 3.05) is 31.1 Å². The van der Waals surface area contributed by atoms with E-state index in [4.69, 9.17) is 15.1 Å². The maximum Gasteiger partial charge on any atom is 0.168 e. The second kappa shape index (κ2) is 10.6. The Labute approximate surface area is 223 Å². The van der Waals surface area contributed by atoms with Gasteiger partial charge in [0, 0.05) is 44.7 Å². The summed E-state index contributed by atoms with van der Waals surface area (Å²) in [6.07, 6.45) is 3.58. The molecule has 1 aliphatic heterocycles. The first-order valence-corrected chi connectivity index (χ1v) is 13.2. The summed E-state index contributed by atoms with van der Waals surface area (Å²) in [7, 11) is 0. The average Bonchev–Trinajstić information content (AvgIpc) is 3.23. The van der Waals surface area contributed by atoms with E-state index in [1.165, 1.54) is 11.1 Å². The Hall–Kier alpha value is -4.23. The average molecular weight is 505 g/mol. The fourth-order valence-corrected chi connectivity index (χ4v) is 5.13. The van der Waals surface area contributed by atoms with Crippen LogP contribution >= 0.6 is 0 Å². The number of para-hydroxylation sites is 2. The normalized spacial score (nSPS) is 14.6. The van der Waals surface area contributed by atoms with E-state index in [-0.39, 0.29) is 0 Å². The summed E-state index contributed by atoms with van der Waals surface area (Å²) in [6, 6.07) is 26.3. The van der Waals surface area contributed by atoms with Crippen LogP contribution in [0.15, 0.2) is 85.1 Å². The molecule has 3 aromatic carbocycles. The summed E-state index contributed by atoms with van der Waals surface area (Å²) in [4.78, 5) is 14.9. The lowest BCUT2D eigenvalue weighted by molar-refractivity contribution is 0.281. The van der Waals surface area contributed by atoms with Crippen LogP contribution in [0.3, 0.4) is 0 Å². The third kappa shape index (κ3) is 5.10. The Morgan fingerprint density at radius 1 is 0.816 bits per heavy atom. The van der Waals surface area contributed by atoms with Crippen LogP contribution in [-0.2, 0) is 13.0 Å². The lowest BCUT2D eigenvalue weighted by atomic mass is 10.1. The predicted octanol–water partition coefficient (Wildman–Crippen LogP) is 5.13. The summed E-state index contributed by atoms with van der Waals surface area (Å²) in [5, 5.41) is 16.0. The van der Waals surface area contributed by atoms with E-state index in [0.29, 0.717) is 12.2 Å². The Bertz CT molecular complexity index is 1530. The number of hydrogen-bond acceptors (Lipinski definition) is 6. The van der Waals surface area contributed by atoms with Gasteiger partial charge in [-0.05, 0) is 37.1 Å². The zero-order valence-corrected chi connectivity index (χ0v) is 21.7. The quantitative estimate of drug-likeness (QED) is 0.346. The monoisotopic (exact) mass is 504 g/mol. The fraction of sp³-hybridized carbons (Fsp3) is 0.258. The zero-order chi connectivity index (χ0) is 25.9. The molecule has 0 atom stereocenters. The van der Waals surface area contributed by atoms with Crippen molar-refractivity contribution in [3.8, 4) is 11.4 Å². The van der Waals surface area contributed by atoms with E-state index in [1.807, 2.05) is 47.3 Å². The predicted molar refractivity (Wildman–Crippen MR) is 151 cm³/mol. The van der Waals surface area contributed by atoms with Crippen LogP contribution in [0.5, 0.6) is 5.75 Å². The highest BCUT2D eigenvalue weighted by Gasteiger charge is 2.22. The standard InChI is InChI=1S/C31H32N6O/c1-23-12-14-24(15-13-23)20-29-33-30(27-21-32-37(31(27)34-29)26-9-3-2-4-10-26)36-17-7-16-35(18-19-36)22-25-8-5-6-11-28(25)38/h2-6,8-15,21,38H,7,16-20,22H2,1H3. The van der Waals surface area contributed by atoms with Crippen molar-refractivity contribution in [2.45, 2.75) is 26.3 Å². The molecule has 1 saturated heterocycles. The number of fused-ring (bicyclic) bond motifs is 1. The maximum atomic E-state index is 10.3. The second-order valence-corrected chi connectivity index (χ2v) is 10.0. The van der Waals surface area contributed by atoms with Gasteiger partial charge in [-0.2, -0.15) is 5.10 Å². The number of hydrogen-bond donors (Lipinski definition) is 1. The van der Waals surface area contributed by atoms with Crippen LogP contribution in [-0.4, -0.2) is 55.9 Å². The second-order valence-electron chi connectivity index (χ2n) is 10.0. The Morgan fingerprint density at radius 3 is 2.42 bits per heavy atom. The molecule has 192 valence electrons. The van der Waals surface area contributed by atoms with Crippen molar-refractivity contribution in [1.29, 1.82) is 0 Å². The van der Waals surface area contributed by atoms with E-state index in [9.17, 15) is 5.11 Å². The molecule has 0 spiro atoms. The van der Waals surface area contributed by atoms with E-state index in [2.05, 4.69) is 53.1 Å². The van der Waals surface area contributed by atoms with E-state index in [0.717, 1.165) is 73.1 Å². The number of benzene rings is 3. The van der Waals surface area contributed by atoms with Crippen LogP contribution < -0.4 is 4.90 Å². The minimum Gasteiger partial charge on any atom is -0.508 e. The van der Waals surface area contributed by atoms with Crippen molar-refractivity contribution in [1.82, 2.24) is 24.6 Å². The number of aromatic hydroxyl groups is 1. The molecule has 38 heavy (non-hydrogen) atoms. The number of phenolic OH excluding ortho intramolecular Hbond substituents is 1. The van der Waals surface area contributed by atoms with Gasteiger partial charge in [-0.3, -0.25) is 4.90 Å². The molecule has 7 nitrogen and oxygen atoms in total. The third-order valence-corrected chi connectivity index (χ3v) is 7.21. The molecule has 1 aliphatic rings. The molecule has 3 heterocycles. The van der Waals surface area contributed by atoms with Crippen LogP contribution in [0.1, 0.15) is 28.9 Å². The van der Waals surface area contributed by atoms with Crippen molar-refractivity contribution < 1.29 is 5.11 Å². The molecule has 5 aromatic rings. The molecular formula is C31H32N6O. The van der Waals surface area contributed by atoms with Gasteiger partial charge in [0.2, 0.25) is 0 Å². The topological polar surface area (TPSA) is 70.3 Å². The van der Waals surface area contributed by atoms with Crippen molar-refractivity contribution >= 4 is 16.9 Å². The number of anilines is 1. The molecule has 2 aromatic heterocycles. The summed E-state index contributed by atoms with van der Waals surface area (Å²) in [5.41, 5.74) is 5.22. The van der Waals surface area contributed by atoms with Crippen LogP contribution in [0, 0.1) is 6.92 Å². The van der Waals surface area contributed by atoms with Crippen LogP contribution in [0.4, 0.5) is 5.82 Å².